The van der Waals surface area contributed by atoms with E-state index >= 15 is 0 Å². The number of fused-ring (bicyclic) bond motifs is 1. The maximum absolute atomic E-state index is 13.3. The molecule has 0 radical (unpaired) electrons. The topological polar surface area (TPSA) is 179 Å². The van der Waals surface area contributed by atoms with Gasteiger partial charge in [-0.05, 0) is 43.5 Å². The van der Waals surface area contributed by atoms with E-state index < -0.39 is 48.2 Å². The number of anilines is 1. The molecular weight excluding hydrogens is 434 g/mol. The summed E-state index contributed by atoms with van der Waals surface area (Å²) in [5.74, 6) is -3.56. The summed E-state index contributed by atoms with van der Waals surface area (Å²) in [6.45, 7) is 0.221. The van der Waals surface area contributed by atoms with Crippen LogP contribution in [0.25, 0.3) is 0 Å². The standard InChI is InChI=1S/C21H25N5O7/c22-13-5-3-12(4-6-13)19(31)24-15-7-8-17(28)25-9-1-2-16(26(25)21(15)33)20(32)23-14(11-27)10-18(29)30/h3-6,11,14-16H,1-2,7-10,22H2,(H,23,32)(H,24,31)(H,29,30)/t14-,15-,16-/m0/s1. The number of hydrogen-bond acceptors (Lipinski definition) is 7. The van der Waals surface area contributed by atoms with Crippen molar-refractivity contribution in [2.45, 2.75) is 50.2 Å². The Hall–Kier alpha value is -3.96. The number of nitrogen functional groups attached to an aromatic ring is 1. The Morgan fingerprint density at radius 1 is 1.18 bits per heavy atom. The molecule has 0 aromatic heterocycles. The summed E-state index contributed by atoms with van der Waals surface area (Å²) >= 11 is 0. The summed E-state index contributed by atoms with van der Waals surface area (Å²) in [6, 6.07) is 2.63. The highest BCUT2D eigenvalue weighted by molar-refractivity contribution is 6.00. The molecule has 2 saturated heterocycles. The molecule has 12 heteroatoms. The molecule has 5 N–H and O–H groups in total. The zero-order chi connectivity index (χ0) is 24.1. The zero-order valence-corrected chi connectivity index (χ0v) is 17.7. The van der Waals surface area contributed by atoms with E-state index in [2.05, 4.69) is 10.6 Å². The number of nitrogens with one attached hydrogen (secondary N) is 2. The van der Waals surface area contributed by atoms with Crippen LogP contribution in [0.5, 0.6) is 0 Å². The molecule has 12 nitrogen and oxygen atoms in total. The first kappa shape index (κ1) is 23.7. The summed E-state index contributed by atoms with van der Waals surface area (Å²) in [5, 5.41) is 16.1. The van der Waals surface area contributed by atoms with E-state index in [-0.39, 0.29) is 37.3 Å². The lowest BCUT2D eigenvalue weighted by molar-refractivity contribution is -0.176. The van der Waals surface area contributed by atoms with Crippen LogP contribution >= 0.6 is 0 Å². The molecule has 2 aliphatic heterocycles. The summed E-state index contributed by atoms with van der Waals surface area (Å²) in [6.07, 6.45) is 0.366. The largest absolute Gasteiger partial charge is 0.481 e. The van der Waals surface area contributed by atoms with Gasteiger partial charge in [-0.15, -0.1) is 0 Å². The molecule has 0 aliphatic carbocycles. The van der Waals surface area contributed by atoms with E-state index in [9.17, 15) is 28.8 Å². The van der Waals surface area contributed by atoms with Crippen molar-refractivity contribution in [1.29, 1.82) is 0 Å². The van der Waals surface area contributed by atoms with Crippen molar-refractivity contribution in [3.8, 4) is 0 Å². The van der Waals surface area contributed by atoms with Crippen molar-refractivity contribution < 1.29 is 33.9 Å². The Morgan fingerprint density at radius 3 is 2.52 bits per heavy atom. The number of rotatable bonds is 7. The number of carbonyl (C=O) groups is 6. The van der Waals surface area contributed by atoms with Gasteiger partial charge in [-0.25, -0.2) is 5.01 Å². The third-order valence-corrected chi connectivity index (χ3v) is 5.53. The number of carboxylic acids is 1. The number of carboxylic acid groups (broad SMARTS) is 1. The van der Waals surface area contributed by atoms with Gasteiger partial charge in [-0.2, -0.15) is 0 Å². The smallest absolute Gasteiger partial charge is 0.305 e. The number of benzene rings is 1. The average Bonchev–Trinajstić information content (AvgIpc) is 2.90. The van der Waals surface area contributed by atoms with Gasteiger partial charge in [0.2, 0.25) is 11.8 Å². The molecule has 176 valence electrons. The predicted octanol–water partition coefficient (Wildman–Crippen LogP) is -0.946. The molecule has 1 aromatic carbocycles. The van der Waals surface area contributed by atoms with E-state index in [0.717, 1.165) is 5.01 Å². The second-order valence-electron chi connectivity index (χ2n) is 7.89. The number of hydrogen-bond donors (Lipinski definition) is 4. The molecule has 2 fully saturated rings. The Bertz CT molecular complexity index is 964. The van der Waals surface area contributed by atoms with Crippen LogP contribution in [0.15, 0.2) is 24.3 Å². The maximum Gasteiger partial charge on any atom is 0.305 e. The maximum atomic E-state index is 13.3. The SMILES string of the molecule is Nc1ccc(C(=O)N[C@H]2CCC(=O)N3CCC[C@@H](C(=O)N[C@H](C=O)CC(=O)O)N3C2=O)cc1. The van der Waals surface area contributed by atoms with Crippen molar-refractivity contribution in [2.75, 3.05) is 12.3 Å². The van der Waals surface area contributed by atoms with Gasteiger partial charge >= 0.3 is 5.97 Å². The quantitative estimate of drug-likeness (QED) is 0.298. The monoisotopic (exact) mass is 459 g/mol. The molecule has 2 heterocycles. The van der Waals surface area contributed by atoms with Gasteiger partial charge < -0.3 is 26.3 Å². The van der Waals surface area contributed by atoms with E-state index in [1.54, 1.807) is 12.1 Å². The molecule has 3 rings (SSSR count). The first-order chi connectivity index (χ1) is 15.7. The number of hydrazine groups is 1. The van der Waals surface area contributed by atoms with E-state index in [4.69, 9.17) is 10.8 Å². The van der Waals surface area contributed by atoms with Gasteiger partial charge in [-0.1, -0.05) is 0 Å². The molecule has 1 aromatic rings. The number of amides is 4. The normalized spacial score (nSPS) is 21.5. The third-order valence-electron chi connectivity index (χ3n) is 5.53. The van der Waals surface area contributed by atoms with Gasteiger partial charge in [0, 0.05) is 24.2 Å². The second kappa shape index (κ2) is 10.1. The highest BCUT2D eigenvalue weighted by Crippen LogP contribution is 2.25. The van der Waals surface area contributed by atoms with Gasteiger partial charge in [0.1, 0.15) is 18.4 Å². The fourth-order valence-electron chi connectivity index (χ4n) is 3.88. The van der Waals surface area contributed by atoms with Crippen molar-refractivity contribution in [3.05, 3.63) is 29.8 Å². The number of nitrogens with two attached hydrogens (primary N) is 1. The van der Waals surface area contributed by atoms with Crippen molar-refractivity contribution in [2.24, 2.45) is 0 Å². The van der Waals surface area contributed by atoms with Crippen LogP contribution < -0.4 is 16.4 Å². The van der Waals surface area contributed by atoms with Crippen molar-refractivity contribution in [3.63, 3.8) is 0 Å². The molecule has 33 heavy (non-hydrogen) atoms. The Kier molecular flexibility index (Phi) is 7.26. The fraction of sp³-hybridized carbons (Fsp3) is 0.429. The lowest BCUT2D eigenvalue weighted by Crippen LogP contribution is -2.64. The lowest BCUT2D eigenvalue weighted by atomic mass is 10.0. The number of nitrogens with zero attached hydrogens (tertiary/aromatic N) is 2. The molecule has 4 amide bonds. The first-order valence-corrected chi connectivity index (χ1v) is 10.5. The van der Waals surface area contributed by atoms with Crippen molar-refractivity contribution >= 4 is 41.6 Å². The lowest BCUT2D eigenvalue weighted by Gasteiger charge is -2.43. The predicted molar refractivity (Wildman–Crippen MR) is 113 cm³/mol. The minimum absolute atomic E-state index is 0.0146. The summed E-state index contributed by atoms with van der Waals surface area (Å²) in [5.41, 5.74) is 6.38. The molecule has 0 saturated carbocycles. The van der Waals surface area contributed by atoms with E-state index in [1.165, 1.54) is 17.1 Å². The van der Waals surface area contributed by atoms with E-state index in [0.29, 0.717) is 18.4 Å². The van der Waals surface area contributed by atoms with Gasteiger partial charge in [0.05, 0.1) is 12.5 Å². The Balaban J connectivity index is 1.80. The molecule has 0 bridgehead atoms. The van der Waals surface area contributed by atoms with Crippen LogP contribution in [0.2, 0.25) is 0 Å². The minimum Gasteiger partial charge on any atom is -0.481 e. The van der Waals surface area contributed by atoms with Crippen LogP contribution in [0.1, 0.15) is 42.5 Å². The van der Waals surface area contributed by atoms with Crippen LogP contribution in [-0.4, -0.2) is 75.7 Å². The minimum atomic E-state index is -1.27. The third kappa shape index (κ3) is 5.45. The zero-order valence-electron chi connectivity index (χ0n) is 17.7. The number of aldehydes is 1. The summed E-state index contributed by atoms with van der Waals surface area (Å²) in [4.78, 5) is 73.6. The van der Waals surface area contributed by atoms with Crippen LogP contribution in [0, 0.1) is 0 Å². The highest BCUT2D eigenvalue weighted by atomic mass is 16.4. The van der Waals surface area contributed by atoms with Gasteiger partial charge in [0.25, 0.3) is 11.8 Å². The second-order valence-corrected chi connectivity index (χ2v) is 7.89. The van der Waals surface area contributed by atoms with E-state index in [1.807, 2.05) is 0 Å². The summed E-state index contributed by atoms with van der Waals surface area (Å²) in [7, 11) is 0. The molecule has 2 aliphatic rings. The van der Waals surface area contributed by atoms with Crippen molar-refractivity contribution in [1.82, 2.24) is 20.7 Å². The van der Waals surface area contributed by atoms with Crippen LogP contribution in [-0.2, 0) is 24.0 Å². The number of carbonyl (C=O) groups excluding carboxylic acids is 5. The van der Waals surface area contributed by atoms with Crippen LogP contribution in [0.3, 0.4) is 0 Å². The molecule has 3 atom stereocenters. The first-order valence-electron chi connectivity index (χ1n) is 10.5. The van der Waals surface area contributed by atoms with Crippen LogP contribution in [0.4, 0.5) is 5.69 Å². The van der Waals surface area contributed by atoms with Gasteiger partial charge in [-0.3, -0.25) is 29.0 Å². The number of aliphatic carboxylic acids is 1. The molecule has 0 spiro atoms. The fourth-order valence-corrected chi connectivity index (χ4v) is 3.88. The molecular formula is C21H25N5O7. The Labute approximate surface area is 189 Å². The van der Waals surface area contributed by atoms with Gasteiger partial charge in [0.15, 0.2) is 0 Å². The average molecular weight is 459 g/mol. The summed E-state index contributed by atoms with van der Waals surface area (Å²) < 4.78 is 0. The Morgan fingerprint density at radius 2 is 1.88 bits per heavy atom. The highest BCUT2D eigenvalue weighted by Gasteiger charge is 2.44. The molecule has 0 unspecified atom stereocenters.